The summed E-state index contributed by atoms with van der Waals surface area (Å²) in [6.45, 7) is 0. The highest BCUT2D eigenvalue weighted by atomic mass is 32.2. The number of aromatic nitrogens is 1. The number of pyridine rings is 1. The Morgan fingerprint density at radius 2 is 0.796 bits per heavy atom. The quantitative estimate of drug-likeness (QED) is 0.175. The highest BCUT2D eigenvalue weighted by Crippen LogP contribution is 2.41. The first-order valence-electron chi connectivity index (χ1n) is 18.2. The summed E-state index contributed by atoms with van der Waals surface area (Å²) in [5, 5.41) is 11.8. The van der Waals surface area contributed by atoms with E-state index in [1.54, 1.807) is 0 Å². The van der Waals surface area contributed by atoms with Crippen molar-refractivity contribution in [3.63, 3.8) is 0 Å². The van der Waals surface area contributed by atoms with Crippen molar-refractivity contribution in [1.82, 2.24) is 4.98 Å². The maximum Gasteiger partial charge on any atom is 0.196 e. The van der Waals surface area contributed by atoms with Crippen molar-refractivity contribution in [3.8, 4) is 34.1 Å². The Labute approximate surface area is 323 Å². The molecule has 5 heterocycles. The summed E-state index contributed by atoms with van der Waals surface area (Å²) in [4.78, 5) is 9.02. The number of benzene rings is 7. The Hall–Kier alpha value is -5.58. The second-order valence-corrected chi connectivity index (χ2v) is 23.6. The van der Waals surface area contributed by atoms with Crippen molar-refractivity contribution in [3.05, 3.63) is 176 Å². The molecule has 4 aliphatic rings. The molecule has 7 aromatic carbocycles. The van der Waals surface area contributed by atoms with E-state index >= 15 is 0 Å². The van der Waals surface area contributed by atoms with Crippen molar-refractivity contribution in [2.24, 2.45) is 0 Å². The summed E-state index contributed by atoms with van der Waals surface area (Å²) in [5.41, 5.74) is 2.31. The predicted molar refractivity (Wildman–Crippen MR) is 225 cm³/mol. The van der Waals surface area contributed by atoms with Crippen LogP contribution in [0.4, 0.5) is 0 Å². The van der Waals surface area contributed by atoms with Crippen LogP contribution in [-0.2, 0) is 0 Å². The topological polar surface area (TPSA) is 31.4 Å². The molecule has 0 saturated heterocycles. The fourth-order valence-electron chi connectivity index (χ4n) is 9.48. The van der Waals surface area contributed by atoms with Crippen LogP contribution in [-0.4, -0.2) is 21.1 Å². The van der Waals surface area contributed by atoms with Gasteiger partial charge in [0.15, 0.2) is 16.1 Å². The first-order valence-corrected chi connectivity index (χ1v) is 23.8. The monoisotopic (exact) mass is 759 g/mol. The van der Waals surface area contributed by atoms with E-state index in [0.29, 0.717) is 0 Å². The Morgan fingerprint density at radius 1 is 0.352 bits per heavy atom. The van der Waals surface area contributed by atoms with Crippen LogP contribution in [0.2, 0.25) is 0 Å². The smallest absolute Gasteiger partial charge is 0.196 e. The van der Waals surface area contributed by atoms with Gasteiger partial charge in [0.25, 0.3) is 0 Å². The Balaban J connectivity index is 1.07. The van der Waals surface area contributed by atoms with Gasteiger partial charge in [-0.3, -0.25) is 0 Å². The Bertz CT molecular complexity index is 2570. The van der Waals surface area contributed by atoms with Crippen LogP contribution in [0.15, 0.2) is 196 Å². The van der Waals surface area contributed by atoms with Gasteiger partial charge in [0, 0.05) is 20.9 Å². The van der Waals surface area contributed by atoms with Crippen LogP contribution in [0.5, 0.6) is 23.0 Å². The molecule has 7 heteroatoms. The first-order chi connectivity index (χ1) is 26.7. The lowest BCUT2D eigenvalue weighted by Gasteiger charge is -2.43. The molecular formula is C47H29NO2S2Si2. The Kier molecular flexibility index (Phi) is 6.55. The van der Waals surface area contributed by atoms with E-state index in [9.17, 15) is 0 Å². The fourth-order valence-corrected chi connectivity index (χ4v) is 23.6. The van der Waals surface area contributed by atoms with Gasteiger partial charge in [-0.2, -0.15) is 0 Å². The third kappa shape index (κ3) is 4.02. The highest BCUT2D eigenvalue weighted by Gasteiger charge is 2.54. The molecular weight excluding hydrogens is 731 g/mol. The van der Waals surface area contributed by atoms with Crippen molar-refractivity contribution in [1.29, 1.82) is 0 Å². The number of hydrogen-bond donors (Lipinski definition) is 0. The van der Waals surface area contributed by atoms with Gasteiger partial charge in [-0.25, -0.2) is 4.98 Å². The third-order valence-electron chi connectivity index (χ3n) is 11.6. The van der Waals surface area contributed by atoms with E-state index in [1.165, 1.54) is 61.7 Å². The van der Waals surface area contributed by atoms with E-state index < -0.39 is 16.1 Å². The Morgan fingerprint density at radius 3 is 1.43 bits per heavy atom. The molecule has 0 N–H and O–H groups in total. The van der Waals surface area contributed by atoms with Crippen LogP contribution in [0.1, 0.15) is 0 Å². The first kappa shape index (κ1) is 30.8. The zero-order valence-electron chi connectivity index (χ0n) is 28.8. The lowest BCUT2D eigenvalue weighted by atomic mass is 10.1. The van der Waals surface area contributed by atoms with Gasteiger partial charge in [0.2, 0.25) is 0 Å². The van der Waals surface area contributed by atoms with Crippen LogP contribution in [0, 0.1) is 0 Å². The molecule has 0 unspecified atom stereocenters. The predicted octanol–water partition coefficient (Wildman–Crippen LogP) is 6.64. The molecule has 0 bridgehead atoms. The minimum Gasteiger partial charge on any atom is -0.458 e. The zero-order valence-corrected chi connectivity index (χ0v) is 32.5. The number of hydrogen-bond acceptors (Lipinski definition) is 5. The molecule has 0 aliphatic carbocycles. The van der Waals surface area contributed by atoms with Crippen molar-refractivity contribution >= 4 is 81.2 Å². The molecule has 12 rings (SSSR count). The summed E-state index contributed by atoms with van der Waals surface area (Å²) >= 11 is 3.71. The second-order valence-electron chi connectivity index (χ2n) is 14.2. The molecule has 254 valence electrons. The van der Waals surface area contributed by atoms with E-state index in [1.807, 2.05) is 29.7 Å². The molecule has 1 aromatic heterocycles. The average Bonchev–Trinajstić information content (AvgIpc) is 3.23. The van der Waals surface area contributed by atoms with Crippen LogP contribution < -0.4 is 51.0 Å². The maximum absolute atomic E-state index is 6.91. The molecule has 4 aliphatic heterocycles. The summed E-state index contributed by atoms with van der Waals surface area (Å²) in [6.07, 6.45) is 1.95. The van der Waals surface area contributed by atoms with Gasteiger partial charge in [0.05, 0.1) is 0 Å². The maximum atomic E-state index is 6.91. The highest BCUT2D eigenvalue weighted by molar-refractivity contribution is 8.01. The number of fused-ring (bicyclic) bond motifs is 16. The molecule has 54 heavy (non-hydrogen) atoms. The minimum absolute atomic E-state index is 0.916. The third-order valence-corrected chi connectivity index (χ3v) is 24.4. The van der Waals surface area contributed by atoms with Gasteiger partial charge >= 0.3 is 0 Å². The lowest BCUT2D eigenvalue weighted by molar-refractivity contribution is 0.482. The number of rotatable bonds is 1. The fraction of sp³-hybridized carbons (Fsp3) is 0. The lowest BCUT2D eigenvalue weighted by Crippen LogP contribution is -2.78. The molecule has 3 nitrogen and oxygen atoms in total. The largest absolute Gasteiger partial charge is 0.458 e. The van der Waals surface area contributed by atoms with Crippen LogP contribution in [0.3, 0.4) is 0 Å². The van der Waals surface area contributed by atoms with Gasteiger partial charge in [-0.15, -0.1) is 0 Å². The summed E-state index contributed by atoms with van der Waals surface area (Å²) in [5.74, 6) is 3.69. The summed E-state index contributed by atoms with van der Waals surface area (Å²) < 4.78 is 13.5. The molecule has 0 fully saturated rings. The second kappa shape index (κ2) is 11.5. The van der Waals surface area contributed by atoms with Gasteiger partial charge < -0.3 is 9.47 Å². The average molecular weight is 760 g/mol. The van der Waals surface area contributed by atoms with Crippen molar-refractivity contribution in [2.75, 3.05) is 0 Å². The molecule has 8 aromatic rings. The van der Waals surface area contributed by atoms with Gasteiger partial charge in [-0.1, -0.05) is 145 Å². The summed E-state index contributed by atoms with van der Waals surface area (Å²) in [6, 6.07) is 62.5. The molecule has 0 amide bonds. The number of para-hydroxylation sites is 3. The van der Waals surface area contributed by atoms with Crippen molar-refractivity contribution < 1.29 is 9.47 Å². The van der Waals surface area contributed by atoms with E-state index in [4.69, 9.17) is 14.5 Å². The SMILES string of the molecule is c1ccc2c(c1)Oc1ccccc1[Si]21c2ccccc2Oc2cc(-c3ccc4c(c3)Sc3ncccc3[Si]43c4ccccc4Sc4ccccc43)ccc21. The molecule has 0 saturated carbocycles. The van der Waals surface area contributed by atoms with E-state index in [0.717, 1.165) is 33.6 Å². The number of nitrogens with zero attached hydrogens (tertiary/aromatic N) is 1. The molecule has 2 spiro atoms. The van der Waals surface area contributed by atoms with Crippen LogP contribution in [0.25, 0.3) is 11.1 Å². The van der Waals surface area contributed by atoms with E-state index in [2.05, 4.69) is 170 Å². The number of ether oxygens (including phenoxy) is 2. The standard InChI is InChI=1S/C47H29NO2S2Si2/c1-6-17-39-32(12-1)49-33-13-2-7-18-40(33)53(39)41-19-8-3-14-34(41)50-35-28-30(23-25-42(35)53)31-24-26-45-38(29-31)52-47-46(22-11-27-48-47)54(45)43-20-9-4-15-36(43)51-37-16-5-10-21-44(37)54/h1-29H. The van der Waals surface area contributed by atoms with E-state index in [-0.39, 0.29) is 0 Å². The van der Waals surface area contributed by atoms with Crippen molar-refractivity contribution in [2.45, 2.75) is 19.7 Å². The normalized spacial score (nSPS) is 15.5. The zero-order chi connectivity index (χ0) is 35.4. The molecule has 0 atom stereocenters. The minimum atomic E-state index is -2.79. The summed E-state index contributed by atoms with van der Waals surface area (Å²) in [7, 11) is -5.46. The van der Waals surface area contributed by atoms with Crippen LogP contribution >= 0.6 is 23.5 Å². The van der Waals surface area contributed by atoms with Gasteiger partial charge in [0.1, 0.15) is 28.0 Å². The molecule has 0 radical (unpaired) electrons. The van der Waals surface area contributed by atoms with Gasteiger partial charge in [-0.05, 0) is 101 Å².